The third-order valence-electron chi connectivity index (χ3n) is 4.37. The molecule has 0 radical (unpaired) electrons. The molecular formula is C15H22ClNO2. The molecule has 0 spiro atoms. The van der Waals surface area contributed by atoms with Gasteiger partial charge in [-0.2, -0.15) is 0 Å². The van der Waals surface area contributed by atoms with Crippen LogP contribution < -0.4 is 10.5 Å². The van der Waals surface area contributed by atoms with Gasteiger partial charge in [-0.05, 0) is 36.5 Å². The predicted molar refractivity (Wildman–Crippen MR) is 77.5 cm³/mol. The number of halogens is 1. The lowest BCUT2D eigenvalue weighted by Gasteiger charge is -2.33. The van der Waals surface area contributed by atoms with Crippen LogP contribution in [0.3, 0.4) is 0 Å². The molecule has 1 fully saturated rings. The first-order valence-electron chi connectivity index (χ1n) is 6.74. The van der Waals surface area contributed by atoms with Gasteiger partial charge in [-0.3, -0.25) is 0 Å². The van der Waals surface area contributed by atoms with E-state index in [1.807, 2.05) is 6.07 Å². The number of ether oxygens (including phenoxy) is 1. The summed E-state index contributed by atoms with van der Waals surface area (Å²) >= 11 is 6.13. The Kier molecular flexibility index (Phi) is 4.39. The van der Waals surface area contributed by atoms with Gasteiger partial charge in [0.1, 0.15) is 5.75 Å². The summed E-state index contributed by atoms with van der Waals surface area (Å²) in [5.41, 5.74) is 6.56. The van der Waals surface area contributed by atoms with Gasteiger partial charge in [0.25, 0.3) is 0 Å². The first-order valence-corrected chi connectivity index (χ1v) is 7.12. The highest BCUT2D eigenvalue weighted by atomic mass is 35.5. The average molecular weight is 284 g/mol. The summed E-state index contributed by atoms with van der Waals surface area (Å²) in [6.45, 7) is 2.72. The highest BCUT2D eigenvalue weighted by Gasteiger charge is 2.42. The number of aliphatic hydroxyl groups excluding tert-OH is 1. The Morgan fingerprint density at radius 1 is 1.58 bits per heavy atom. The smallest absolute Gasteiger partial charge is 0.137 e. The van der Waals surface area contributed by atoms with Crippen LogP contribution in [0, 0.1) is 11.3 Å². The molecule has 0 bridgehead atoms. The van der Waals surface area contributed by atoms with E-state index in [0.29, 0.717) is 23.2 Å². The van der Waals surface area contributed by atoms with E-state index in [4.69, 9.17) is 22.1 Å². The Morgan fingerprint density at radius 3 is 2.79 bits per heavy atom. The van der Waals surface area contributed by atoms with Crippen molar-refractivity contribution in [2.24, 2.45) is 17.1 Å². The Bertz CT molecular complexity index is 452. The molecule has 1 aromatic carbocycles. The average Bonchev–Trinajstić information content (AvgIpc) is 2.80. The first-order chi connectivity index (χ1) is 9.02. The molecule has 3 nitrogen and oxygen atoms in total. The third-order valence-corrected chi connectivity index (χ3v) is 4.66. The minimum absolute atomic E-state index is 0.211. The topological polar surface area (TPSA) is 55.5 Å². The largest absolute Gasteiger partial charge is 0.495 e. The Morgan fingerprint density at radius 2 is 2.32 bits per heavy atom. The third kappa shape index (κ3) is 2.73. The molecule has 3 N–H and O–H groups in total. The van der Waals surface area contributed by atoms with Gasteiger partial charge in [0.15, 0.2) is 0 Å². The van der Waals surface area contributed by atoms with E-state index < -0.39 is 6.10 Å². The van der Waals surface area contributed by atoms with Crippen molar-refractivity contribution in [1.82, 2.24) is 0 Å². The zero-order chi connectivity index (χ0) is 14.0. The van der Waals surface area contributed by atoms with Crippen molar-refractivity contribution in [1.29, 1.82) is 0 Å². The van der Waals surface area contributed by atoms with E-state index in [1.54, 1.807) is 19.2 Å². The molecule has 0 heterocycles. The van der Waals surface area contributed by atoms with E-state index >= 15 is 0 Å². The number of methoxy groups -OCH3 is 1. The maximum Gasteiger partial charge on any atom is 0.137 e. The van der Waals surface area contributed by atoms with Crippen LogP contribution in [0.2, 0.25) is 5.02 Å². The second kappa shape index (κ2) is 5.70. The zero-order valence-electron chi connectivity index (χ0n) is 11.5. The number of rotatable bonds is 4. The number of hydrogen-bond donors (Lipinski definition) is 2. The molecule has 2 rings (SSSR count). The fraction of sp³-hybridized carbons (Fsp3) is 0.600. The van der Waals surface area contributed by atoms with E-state index in [9.17, 15) is 5.11 Å². The maximum absolute atomic E-state index is 10.7. The highest BCUT2D eigenvalue weighted by molar-refractivity contribution is 6.32. The lowest BCUT2D eigenvalue weighted by molar-refractivity contribution is 0.0307. The van der Waals surface area contributed by atoms with Gasteiger partial charge in [-0.15, -0.1) is 0 Å². The predicted octanol–water partition coefficient (Wildman–Crippen LogP) is 3.15. The molecule has 19 heavy (non-hydrogen) atoms. The highest BCUT2D eigenvalue weighted by Crippen LogP contribution is 2.49. The Hall–Kier alpha value is -0.770. The molecule has 1 aromatic rings. The van der Waals surface area contributed by atoms with Crippen molar-refractivity contribution in [2.45, 2.75) is 32.3 Å². The molecule has 0 saturated heterocycles. The lowest BCUT2D eigenvalue weighted by Crippen LogP contribution is -2.34. The maximum atomic E-state index is 10.7. The summed E-state index contributed by atoms with van der Waals surface area (Å²) < 4.78 is 5.14. The van der Waals surface area contributed by atoms with Crippen LogP contribution in [0.1, 0.15) is 37.9 Å². The van der Waals surface area contributed by atoms with Crippen molar-refractivity contribution < 1.29 is 9.84 Å². The zero-order valence-corrected chi connectivity index (χ0v) is 12.3. The van der Waals surface area contributed by atoms with Gasteiger partial charge in [-0.1, -0.05) is 31.0 Å². The molecule has 3 unspecified atom stereocenters. The molecule has 1 aliphatic rings. The summed E-state index contributed by atoms with van der Waals surface area (Å²) in [5, 5.41) is 11.2. The number of aliphatic hydroxyl groups is 1. The fourth-order valence-corrected chi connectivity index (χ4v) is 3.45. The second-order valence-corrected chi connectivity index (χ2v) is 6.12. The van der Waals surface area contributed by atoms with Crippen LogP contribution in [0.25, 0.3) is 0 Å². The van der Waals surface area contributed by atoms with E-state index in [0.717, 1.165) is 24.8 Å². The summed E-state index contributed by atoms with van der Waals surface area (Å²) in [6, 6.07) is 5.45. The summed E-state index contributed by atoms with van der Waals surface area (Å²) in [5.74, 6) is 1.24. The van der Waals surface area contributed by atoms with E-state index in [1.165, 1.54) is 0 Å². The quantitative estimate of drug-likeness (QED) is 0.892. The van der Waals surface area contributed by atoms with Gasteiger partial charge < -0.3 is 15.6 Å². The van der Waals surface area contributed by atoms with Gasteiger partial charge in [0.05, 0.1) is 18.2 Å². The number of hydrogen-bond acceptors (Lipinski definition) is 3. The monoisotopic (exact) mass is 283 g/mol. The van der Waals surface area contributed by atoms with Crippen LogP contribution in [0.5, 0.6) is 5.75 Å². The molecule has 106 valence electrons. The lowest BCUT2D eigenvalue weighted by atomic mass is 9.77. The normalized spacial score (nSPS) is 28.4. The van der Waals surface area contributed by atoms with Crippen molar-refractivity contribution in [3.63, 3.8) is 0 Å². The molecule has 1 aliphatic carbocycles. The molecule has 4 heteroatoms. The summed E-state index contributed by atoms with van der Waals surface area (Å²) in [4.78, 5) is 0. The van der Waals surface area contributed by atoms with E-state index in [2.05, 4.69) is 6.92 Å². The number of benzene rings is 1. The van der Waals surface area contributed by atoms with Crippen molar-refractivity contribution in [2.75, 3.05) is 13.7 Å². The van der Waals surface area contributed by atoms with Crippen molar-refractivity contribution in [3.05, 3.63) is 28.8 Å². The Labute approximate surface area is 119 Å². The molecule has 1 saturated carbocycles. The minimum atomic E-state index is -0.564. The fourth-order valence-electron chi connectivity index (χ4n) is 3.18. The molecule has 0 aliphatic heterocycles. The summed E-state index contributed by atoms with van der Waals surface area (Å²) in [6.07, 6.45) is 2.49. The molecular weight excluding hydrogens is 262 g/mol. The van der Waals surface area contributed by atoms with E-state index in [-0.39, 0.29) is 5.41 Å². The molecule has 0 amide bonds. The Balaban J connectivity index is 2.27. The van der Waals surface area contributed by atoms with Gasteiger partial charge >= 0.3 is 0 Å². The summed E-state index contributed by atoms with van der Waals surface area (Å²) in [7, 11) is 1.58. The molecule has 3 atom stereocenters. The van der Waals surface area contributed by atoms with Gasteiger partial charge in [0, 0.05) is 12.0 Å². The van der Waals surface area contributed by atoms with Crippen LogP contribution in [0.15, 0.2) is 18.2 Å². The van der Waals surface area contributed by atoms with Crippen LogP contribution in [-0.2, 0) is 0 Å². The first kappa shape index (κ1) is 14.6. The van der Waals surface area contributed by atoms with Crippen LogP contribution in [-0.4, -0.2) is 18.8 Å². The molecule has 0 aromatic heterocycles. The van der Waals surface area contributed by atoms with Crippen molar-refractivity contribution in [3.8, 4) is 5.75 Å². The minimum Gasteiger partial charge on any atom is -0.495 e. The SMILES string of the molecule is COc1ccc(C(O)C2(CN)CCC(C)C2)cc1Cl. The van der Waals surface area contributed by atoms with Crippen molar-refractivity contribution >= 4 is 11.6 Å². The standard InChI is InChI=1S/C15H22ClNO2/c1-10-5-6-15(8-10,9-17)14(18)11-3-4-13(19-2)12(16)7-11/h3-4,7,10,14,18H,5-6,8-9,17H2,1-2H3. The number of nitrogens with two attached hydrogens (primary N) is 1. The van der Waals surface area contributed by atoms with Gasteiger partial charge in [-0.25, -0.2) is 0 Å². The van der Waals surface area contributed by atoms with Crippen LogP contribution in [0.4, 0.5) is 0 Å². The van der Waals surface area contributed by atoms with Crippen LogP contribution >= 0.6 is 11.6 Å². The van der Waals surface area contributed by atoms with Gasteiger partial charge in [0.2, 0.25) is 0 Å². The second-order valence-electron chi connectivity index (χ2n) is 5.71.